The van der Waals surface area contributed by atoms with E-state index in [0.29, 0.717) is 11.4 Å². The van der Waals surface area contributed by atoms with Crippen molar-refractivity contribution < 1.29 is 0 Å². The molecule has 0 spiro atoms. The molecule has 0 saturated carbocycles. The number of halogens is 2. The van der Waals surface area contributed by atoms with Crippen molar-refractivity contribution in [1.29, 1.82) is 5.26 Å². The maximum Gasteiger partial charge on any atom is 0.0670 e. The molecule has 1 rings (SSSR count). The highest BCUT2D eigenvalue weighted by molar-refractivity contribution is 9.10. The quantitative estimate of drug-likeness (QED) is 0.727. The first-order valence-corrected chi connectivity index (χ1v) is 4.22. The number of nitrogens with zero attached hydrogens (tertiary/aromatic N) is 1. The van der Waals surface area contributed by atoms with E-state index in [1.165, 1.54) is 0 Å². The van der Waals surface area contributed by atoms with Crippen molar-refractivity contribution in [3.05, 3.63) is 33.3 Å². The fraction of sp³-hybridized carbons (Fsp3) is 0.125. The van der Waals surface area contributed by atoms with Crippen molar-refractivity contribution in [3.63, 3.8) is 0 Å². The van der Waals surface area contributed by atoms with Gasteiger partial charge in [-0.2, -0.15) is 5.26 Å². The molecule has 0 radical (unpaired) electrons. The van der Waals surface area contributed by atoms with E-state index in [0.717, 1.165) is 10.0 Å². The Balaban J connectivity index is 3.12. The summed E-state index contributed by atoms with van der Waals surface area (Å²) in [7, 11) is 0. The zero-order valence-electron chi connectivity index (χ0n) is 5.64. The van der Waals surface area contributed by atoms with Crippen LogP contribution in [-0.4, -0.2) is 0 Å². The first kappa shape index (κ1) is 8.58. The molecule has 3 heteroatoms. The summed E-state index contributed by atoms with van der Waals surface area (Å²) in [6.45, 7) is 0. The van der Waals surface area contributed by atoms with Gasteiger partial charge in [-0.1, -0.05) is 33.6 Å². The van der Waals surface area contributed by atoms with Gasteiger partial charge in [0, 0.05) is 9.50 Å². The van der Waals surface area contributed by atoms with Crippen LogP contribution in [-0.2, 0) is 6.42 Å². The lowest BCUT2D eigenvalue weighted by molar-refractivity contribution is 1.25. The van der Waals surface area contributed by atoms with Crippen molar-refractivity contribution in [3.8, 4) is 6.07 Å². The van der Waals surface area contributed by atoms with Crippen molar-refractivity contribution in [2.24, 2.45) is 0 Å². The molecule has 0 aliphatic heterocycles. The van der Waals surface area contributed by atoms with Crippen molar-refractivity contribution in [2.75, 3.05) is 0 Å². The van der Waals surface area contributed by atoms with Gasteiger partial charge in [-0.25, -0.2) is 0 Å². The summed E-state index contributed by atoms with van der Waals surface area (Å²) in [5.74, 6) is 0. The second-order valence-electron chi connectivity index (χ2n) is 2.04. The minimum Gasteiger partial charge on any atom is -0.198 e. The number of benzene rings is 1. The summed E-state index contributed by atoms with van der Waals surface area (Å²) in [6, 6.07) is 7.54. The third-order valence-corrected chi connectivity index (χ3v) is 2.41. The molecule has 1 nitrogen and oxygen atoms in total. The van der Waals surface area contributed by atoms with Gasteiger partial charge in [-0.3, -0.25) is 0 Å². The van der Waals surface area contributed by atoms with Crippen LogP contribution in [0, 0.1) is 11.3 Å². The van der Waals surface area contributed by atoms with Gasteiger partial charge in [0.25, 0.3) is 0 Å². The standard InChI is InChI=1S/C8H5BrClN/c9-7-2-1-3-8(10)6(7)4-5-11/h1-3H,4H2. The van der Waals surface area contributed by atoms with Crippen LogP contribution < -0.4 is 0 Å². The maximum atomic E-state index is 8.44. The fourth-order valence-corrected chi connectivity index (χ4v) is 1.64. The molecule has 0 bridgehead atoms. The van der Waals surface area contributed by atoms with Crippen LogP contribution in [0.5, 0.6) is 0 Å². The number of hydrogen-bond donors (Lipinski definition) is 0. The molecular weight excluding hydrogens is 225 g/mol. The minimum atomic E-state index is 0.347. The molecule has 0 unspecified atom stereocenters. The lowest BCUT2D eigenvalue weighted by atomic mass is 10.2. The lowest BCUT2D eigenvalue weighted by Gasteiger charge is -2.00. The van der Waals surface area contributed by atoms with Gasteiger partial charge < -0.3 is 0 Å². The second-order valence-corrected chi connectivity index (χ2v) is 3.30. The van der Waals surface area contributed by atoms with Gasteiger partial charge in [-0.05, 0) is 17.7 Å². The summed E-state index contributed by atoms with van der Waals surface area (Å²) in [5, 5.41) is 9.08. The Morgan fingerprint density at radius 3 is 2.82 bits per heavy atom. The van der Waals surface area contributed by atoms with E-state index in [1.807, 2.05) is 12.1 Å². The van der Waals surface area contributed by atoms with E-state index >= 15 is 0 Å². The minimum absolute atomic E-state index is 0.347. The van der Waals surface area contributed by atoms with E-state index in [4.69, 9.17) is 16.9 Å². The van der Waals surface area contributed by atoms with E-state index in [-0.39, 0.29) is 0 Å². The Hall–Kier alpha value is -0.520. The Labute approximate surface area is 78.7 Å². The average Bonchev–Trinajstić information content (AvgIpc) is 1.97. The summed E-state index contributed by atoms with van der Waals surface area (Å²) < 4.78 is 0.895. The van der Waals surface area contributed by atoms with E-state index < -0.39 is 0 Å². The third kappa shape index (κ3) is 1.95. The van der Waals surface area contributed by atoms with Gasteiger partial charge in [0.15, 0.2) is 0 Å². The number of hydrogen-bond acceptors (Lipinski definition) is 1. The molecule has 0 fully saturated rings. The highest BCUT2D eigenvalue weighted by atomic mass is 79.9. The summed E-state index contributed by atoms with van der Waals surface area (Å²) in [6.07, 6.45) is 0.347. The van der Waals surface area contributed by atoms with Crippen LogP contribution in [0.25, 0.3) is 0 Å². The van der Waals surface area contributed by atoms with Gasteiger partial charge in [0.1, 0.15) is 0 Å². The molecule has 1 aromatic rings. The van der Waals surface area contributed by atoms with Crippen molar-refractivity contribution in [2.45, 2.75) is 6.42 Å². The second kappa shape index (κ2) is 3.75. The van der Waals surface area contributed by atoms with Crippen LogP contribution >= 0.6 is 27.5 Å². The Morgan fingerprint density at radius 1 is 1.55 bits per heavy atom. The van der Waals surface area contributed by atoms with Crippen LogP contribution in [0.15, 0.2) is 22.7 Å². The molecule has 0 heterocycles. The van der Waals surface area contributed by atoms with E-state index in [2.05, 4.69) is 22.0 Å². The first-order valence-electron chi connectivity index (χ1n) is 3.05. The summed E-state index contributed by atoms with van der Waals surface area (Å²) >= 11 is 9.14. The van der Waals surface area contributed by atoms with Crippen molar-refractivity contribution >= 4 is 27.5 Å². The Morgan fingerprint density at radius 2 is 2.27 bits per heavy atom. The predicted molar refractivity (Wildman–Crippen MR) is 48.5 cm³/mol. The van der Waals surface area contributed by atoms with Gasteiger partial charge in [0.05, 0.1) is 12.5 Å². The summed E-state index contributed by atoms with van der Waals surface area (Å²) in [4.78, 5) is 0. The van der Waals surface area contributed by atoms with E-state index in [9.17, 15) is 0 Å². The average molecular weight is 230 g/mol. The zero-order chi connectivity index (χ0) is 8.27. The molecule has 56 valence electrons. The topological polar surface area (TPSA) is 23.8 Å². The maximum absolute atomic E-state index is 8.44. The Kier molecular flexibility index (Phi) is 2.92. The molecule has 0 aliphatic rings. The van der Waals surface area contributed by atoms with Crippen LogP contribution in [0.2, 0.25) is 5.02 Å². The van der Waals surface area contributed by atoms with Crippen LogP contribution in [0.3, 0.4) is 0 Å². The fourth-order valence-electron chi connectivity index (χ4n) is 0.780. The third-order valence-electron chi connectivity index (χ3n) is 1.32. The van der Waals surface area contributed by atoms with Gasteiger partial charge in [-0.15, -0.1) is 0 Å². The molecule has 0 atom stereocenters. The highest BCUT2D eigenvalue weighted by Crippen LogP contribution is 2.24. The van der Waals surface area contributed by atoms with Crippen LogP contribution in [0.4, 0.5) is 0 Å². The lowest BCUT2D eigenvalue weighted by Crippen LogP contribution is -1.84. The molecule has 0 aliphatic carbocycles. The molecule has 11 heavy (non-hydrogen) atoms. The smallest absolute Gasteiger partial charge is 0.0670 e. The van der Waals surface area contributed by atoms with Crippen LogP contribution in [0.1, 0.15) is 5.56 Å². The molecule has 0 amide bonds. The first-order chi connectivity index (χ1) is 5.25. The van der Waals surface area contributed by atoms with E-state index in [1.54, 1.807) is 6.07 Å². The SMILES string of the molecule is N#CCc1c(Cl)cccc1Br. The Bertz CT molecular complexity index is 283. The molecule has 0 saturated heterocycles. The molecule has 0 aromatic heterocycles. The zero-order valence-corrected chi connectivity index (χ0v) is 7.98. The molecule has 1 aromatic carbocycles. The molecule has 0 N–H and O–H groups in total. The largest absolute Gasteiger partial charge is 0.198 e. The monoisotopic (exact) mass is 229 g/mol. The van der Waals surface area contributed by atoms with Gasteiger partial charge >= 0.3 is 0 Å². The van der Waals surface area contributed by atoms with Gasteiger partial charge in [0.2, 0.25) is 0 Å². The predicted octanol–water partition coefficient (Wildman–Crippen LogP) is 3.17. The summed E-state index contributed by atoms with van der Waals surface area (Å²) in [5.41, 5.74) is 0.858. The normalized spacial score (nSPS) is 9.18. The number of nitriles is 1. The highest BCUT2D eigenvalue weighted by Gasteiger charge is 2.02. The molecular formula is C8H5BrClN. The van der Waals surface area contributed by atoms with Crippen molar-refractivity contribution in [1.82, 2.24) is 0 Å². The number of rotatable bonds is 1.